The molecule has 0 aliphatic carbocycles. The van der Waals surface area contributed by atoms with Crippen molar-refractivity contribution in [3.63, 3.8) is 0 Å². The van der Waals surface area contributed by atoms with Gasteiger partial charge in [0.15, 0.2) is 0 Å². The second-order valence-electron chi connectivity index (χ2n) is 11.6. The van der Waals surface area contributed by atoms with Gasteiger partial charge in [0, 0.05) is 30.1 Å². The van der Waals surface area contributed by atoms with Crippen molar-refractivity contribution in [1.29, 1.82) is 0 Å². The summed E-state index contributed by atoms with van der Waals surface area (Å²) in [5.41, 5.74) is 2.21. The Bertz CT molecular complexity index is 1350. The summed E-state index contributed by atoms with van der Waals surface area (Å²) in [5.74, 6) is -1.69. The number of nitrogens with zero attached hydrogens (tertiary/aromatic N) is 2. The Morgan fingerprint density at radius 1 is 1.05 bits per heavy atom. The predicted molar refractivity (Wildman–Crippen MR) is 163 cm³/mol. The lowest BCUT2D eigenvalue weighted by atomic mass is 9.80. The fourth-order valence-corrected chi connectivity index (χ4v) is 5.39. The SMILES string of the molecule is CCCOC(=O)C1=C(C)NC(C)=C(C(=O)OC(C)(C)CN(C)CCC(C)c2ccccc2)C1c1cccc([N+](=O)[O-])c1. The summed E-state index contributed by atoms with van der Waals surface area (Å²) in [5, 5.41) is 14.7. The highest BCUT2D eigenvalue weighted by Crippen LogP contribution is 2.40. The highest BCUT2D eigenvalue weighted by molar-refractivity contribution is 6.00. The first-order chi connectivity index (χ1) is 19.8. The molecular weight excluding hydrogens is 534 g/mol. The van der Waals surface area contributed by atoms with E-state index in [1.165, 1.54) is 17.7 Å². The molecule has 2 aromatic rings. The van der Waals surface area contributed by atoms with E-state index in [1.54, 1.807) is 26.0 Å². The zero-order valence-electron chi connectivity index (χ0n) is 25.7. The lowest BCUT2D eigenvalue weighted by Gasteiger charge is -2.34. The third kappa shape index (κ3) is 8.28. The van der Waals surface area contributed by atoms with Gasteiger partial charge >= 0.3 is 11.9 Å². The molecule has 3 rings (SSSR count). The number of ether oxygens (including phenoxy) is 2. The van der Waals surface area contributed by atoms with Crippen LogP contribution in [-0.4, -0.2) is 54.1 Å². The van der Waals surface area contributed by atoms with Crippen LogP contribution >= 0.6 is 0 Å². The van der Waals surface area contributed by atoms with E-state index in [2.05, 4.69) is 29.3 Å². The van der Waals surface area contributed by atoms with Crippen LogP contribution in [0.2, 0.25) is 0 Å². The molecule has 2 atom stereocenters. The van der Waals surface area contributed by atoms with Gasteiger partial charge in [0.25, 0.3) is 5.69 Å². The molecule has 2 aromatic carbocycles. The summed E-state index contributed by atoms with van der Waals surface area (Å²) in [4.78, 5) is 40.4. The van der Waals surface area contributed by atoms with Crippen molar-refractivity contribution in [2.24, 2.45) is 0 Å². The first-order valence-corrected chi connectivity index (χ1v) is 14.4. The zero-order valence-corrected chi connectivity index (χ0v) is 25.7. The number of benzene rings is 2. The first kappa shape index (κ1) is 32.5. The van der Waals surface area contributed by atoms with Crippen LogP contribution in [0.3, 0.4) is 0 Å². The molecule has 0 saturated carbocycles. The van der Waals surface area contributed by atoms with E-state index in [-0.39, 0.29) is 23.4 Å². The van der Waals surface area contributed by atoms with Crippen LogP contribution in [0.5, 0.6) is 0 Å². The molecule has 9 heteroatoms. The number of nitro benzene ring substituents is 1. The number of non-ortho nitro benzene ring substituents is 1. The Morgan fingerprint density at radius 3 is 2.31 bits per heavy atom. The summed E-state index contributed by atoms with van der Waals surface area (Å²) in [6.45, 7) is 12.8. The van der Waals surface area contributed by atoms with Crippen LogP contribution in [0.1, 0.15) is 77.3 Å². The second-order valence-corrected chi connectivity index (χ2v) is 11.6. The minimum Gasteiger partial charge on any atom is -0.462 e. The van der Waals surface area contributed by atoms with Gasteiger partial charge in [0.2, 0.25) is 0 Å². The fourth-order valence-electron chi connectivity index (χ4n) is 5.39. The van der Waals surface area contributed by atoms with E-state index in [0.29, 0.717) is 35.8 Å². The molecule has 1 aliphatic heterocycles. The van der Waals surface area contributed by atoms with E-state index in [0.717, 1.165) is 13.0 Å². The van der Waals surface area contributed by atoms with Crippen molar-refractivity contribution in [1.82, 2.24) is 10.2 Å². The van der Waals surface area contributed by atoms with Crippen LogP contribution < -0.4 is 5.32 Å². The number of nitrogens with one attached hydrogen (secondary N) is 1. The Balaban J connectivity index is 1.85. The molecule has 1 heterocycles. The van der Waals surface area contributed by atoms with Gasteiger partial charge in [0.05, 0.1) is 28.6 Å². The van der Waals surface area contributed by atoms with Crippen molar-refractivity contribution >= 4 is 17.6 Å². The Morgan fingerprint density at radius 2 is 1.69 bits per heavy atom. The summed E-state index contributed by atoms with van der Waals surface area (Å²) in [6.07, 6.45) is 1.57. The van der Waals surface area contributed by atoms with Gasteiger partial charge in [0.1, 0.15) is 5.60 Å². The van der Waals surface area contributed by atoms with Crippen molar-refractivity contribution in [2.45, 2.75) is 71.8 Å². The van der Waals surface area contributed by atoms with Crippen molar-refractivity contribution in [3.05, 3.63) is 98.4 Å². The number of rotatable bonds is 13. The van der Waals surface area contributed by atoms with Crippen LogP contribution in [0.4, 0.5) is 5.69 Å². The van der Waals surface area contributed by atoms with Gasteiger partial charge in [-0.25, -0.2) is 9.59 Å². The average Bonchev–Trinajstić information content (AvgIpc) is 2.94. The molecule has 226 valence electrons. The topological polar surface area (TPSA) is 111 Å². The minimum absolute atomic E-state index is 0.137. The monoisotopic (exact) mass is 577 g/mol. The largest absolute Gasteiger partial charge is 0.462 e. The molecule has 9 nitrogen and oxygen atoms in total. The van der Waals surface area contributed by atoms with Crippen molar-refractivity contribution < 1.29 is 24.0 Å². The number of dihydropyridines is 1. The number of nitro groups is 1. The van der Waals surface area contributed by atoms with Gasteiger partial charge in [-0.3, -0.25) is 10.1 Å². The highest BCUT2D eigenvalue weighted by Gasteiger charge is 2.40. The van der Waals surface area contributed by atoms with E-state index < -0.39 is 28.4 Å². The normalized spacial score (nSPS) is 16.2. The molecule has 2 unspecified atom stereocenters. The minimum atomic E-state index is -0.900. The summed E-state index contributed by atoms with van der Waals surface area (Å²) in [6, 6.07) is 16.4. The summed E-state index contributed by atoms with van der Waals surface area (Å²) >= 11 is 0. The van der Waals surface area contributed by atoms with Gasteiger partial charge in [-0.2, -0.15) is 0 Å². The van der Waals surface area contributed by atoms with Crippen molar-refractivity contribution in [3.8, 4) is 0 Å². The van der Waals surface area contributed by atoms with Crippen LogP contribution in [0, 0.1) is 10.1 Å². The highest BCUT2D eigenvalue weighted by atomic mass is 16.6. The molecule has 42 heavy (non-hydrogen) atoms. The summed E-state index contributed by atoms with van der Waals surface area (Å²) in [7, 11) is 2.00. The summed E-state index contributed by atoms with van der Waals surface area (Å²) < 4.78 is 11.6. The number of allylic oxidation sites excluding steroid dienone is 2. The number of carbonyl (C=O) groups is 2. The smallest absolute Gasteiger partial charge is 0.337 e. The van der Waals surface area contributed by atoms with E-state index in [9.17, 15) is 19.7 Å². The standard InChI is InChI=1S/C33H43N3O6/c1-8-19-41-31(37)28-23(3)34-24(4)29(30(28)26-15-12-16-27(20-26)36(39)40)32(38)42-33(5,6)21-35(7)18-17-22(2)25-13-10-9-11-14-25/h9-16,20,22,30,34H,8,17-19,21H2,1-7H3. The number of hydrogen-bond acceptors (Lipinski definition) is 8. The Labute approximate surface area is 248 Å². The van der Waals surface area contributed by atoms with E-state index in [4.69, 9.17) is 9.47 Å². The second kappa shape index (κ2) is 14.3. The molecule has 0 amide bonds. The van der Waals surface area contributed by atoms with Gasteiger partial charge in [-0.1, -0.05) is 56.3 Å². The van der Waals surface area contributed by atoms with Gasteiger partial charge in [-0.05, 0) is 71.2 Å². The maximum absolute atomic E-state index is 13.9. The number of esters is 2. The van der Waals surface area contributed by atoms with E-state index in [1.807, 2.05) is 46.0 Å². The predicted octanol–water partition coefficient (Wildman–Crippen LogP) is 6.23. The molecule has 0 spiro atoms. The average molecular weight is 578 g/mol. The quantitative estimate of drug-likeness (QED) is 0.169. The number of likely N-dealkylation sites (N-methyl/N-ethyl adjacent to an activating group) is 1. The molecule has 0 aromatic heterocycles. The maximum atomic E-state index is 13.9. The Hall–Kier alpha value is -3.98. The van der Waals surface area contributed by atoms with Gasteiger partial charge in [-0.15, -0.1) is 0 Å². The number of hydrogen-bond donors (Lipinski definition) is 1. The molecular formula is C33H43N3O6. The molecule has 0 saturated heterocycles. The maximum Gasteiger partial charge on any atom is 0.337 e. The van der Waals surface area contributed by atoms with Crippen LogP contribution in [-0.2, 0) is 19.1 Å². The molecule has 1 aliphatic rings. The van der Waals surface area contributed by atoms with Crippen molar-refractivity contribution in [2.75, 3.05) is 26.7 Å². The molecule has 1 N–H and O–H groups in total. The Kier molecular flexibility index (Phi) is 11.1. The molecule has 0 bridgehead atoms. The lowest BCUT2D eigenvalue weighted by Crippen LogP contribution is -2.42. The third-order valence-electron chi connectivity index (χ3n) is 7.38. The van der Waals surface area contributed by atoms with E-state index >= 15 is 0 Å². The third-order valence-corrected chi connectivity index (χ3v) is 7.38. The zero-order chi connectivity index (χ0) is 31.0. The first-order valence-electron chi connectivity index (χ1n) is 14.4. The van der Waals surface area contributed by atoms with Crippen LogP contribution in [0.15, 0.2) is 77.1 Å². The number of carbonyl (C=O) groups excluding carboxylic acids is 2. The molecule has 0 radical (unpaired) electrons. The van der Waals surface area contributed by atoms with Crippen LogP contribution in [0.25, 0.3) is 0 Å². The molecule has 0 fully saturated rings. The van der Waals surface area contributed by atoms with Gasteiger partial charge < -0.3 is 19.7 Å². The lowest BCUT2D eigenvalue weighted by molar-refractivity contribution is -0.384. The fraction of sp³-hybridized carbons (Fsp3) is 0.455.